The molecular formula is C65H34N2O2. The molecule has 4 aromatic heterocycles. The van der Waals surface area contributed by atoms with Crippen LogP contribution in [0.5, 0.6) is 0 Å². The molecular weight excluding hydrogens is 841 g/mol. The van der Waals surface area contributed by atoms with E-state index in [2.05, 4.69) is 203 Å². The third-order valence-electron chi connectivity index (χ3n) is 15.0. The van der Waals surface area contributed by atoms with Crippen LogP contribution in [0.25, 0.3) is 163 Å². The van der Waals surface area contributed by atoms with E-state index in [4.69, 9.17) is 15.4 Å². The van der Waals surface area contributed by atoms with E-state index in [0.29, 0.717) is 5.69 Å². The van der Waals surface area contributed by atoms with E-state index in [1.54, 1.807) is 0 Å². The third-order valence-corrected chi connectivity index (χ3v) is 15.0. The summed E-state index contributed by atoms with van der Waals surface area (Å²) in [5, 5.41) is 18.9. The van der Waals surface area contributed by atoms with Crippen LogP contribution in [0.1, 0.15) is 0 Å². The number of furan rings is 2. The van der Waals surface area contributed by atoms with Gasteiger partial charge in [0.15, 0.2) is 5.69 Å². The second-order valence-corrected chi connectivity index (χ2v) is 18.8. The molecule has 12 aromatic carbocycles. The van der Waals surface area contributed by atoms with E-state index >= 15 is 0 Å². The molecule has 0 atom stereocenters. The quantitative estimate of drug-likeness (QED) is 0.166. The number of aromatic nitrogens is 1. The monoisotopic (exact) mass is 874 g/mol. The first-order valence-corrected chi connectivity index (χ1v) is 23.4. The van der Waals surface area contributed by atoms with Gasteiger partial charge in [-0.05, 0) is 174 Å². The first-order valence-electron chi connectivity index (χ1n) is 23.4. The van der Waals surface area contributed by atoms with Crippen LogP contribution in [0, 0.1) is 6.57 Å². The summed E-state index contributed by atoms with van der Waals surface area (Å²) in [5.41, 5.74) is 14.7. The Labute approximate surface area is 393 Å². The lowest BCUT2D eigenvalue weighted by atomic mass is 9.96. The van der Waals surface area contributed by atoms with E-state index in [1.807, 2.05) is 12.1 Å². The summed E-state index contributed by atoms with van der Waals surface area (Å²) in [4.78, 5) is 3.67. The van der Waals surface area contributed by atoms with Gasteiger partial charge in [-0.3, -0.25) is 0 Å². The number of benzene rings is 12. The van der Waals surface area contributed by atoms with Crippen LogP contribution in [-0.2, 0) is 0 Å². The highest BCUT2D eigenvalue weighted by atomic mass is 16.3. The molecule has 0 unspecified atom stereocenters. The van der Waals surface area contributed by atoms with Crippen LogP contribution in [0.4, 0.5) is 5.69 Å². The Morgan fingerprint density at radius 3 is 1.17 bits per heavy atom. The van der Waals surface area contributed by atoms with Gasteiger partial charge in [0.1, 0.15) is 22.3 Å². The van der Waals surface area contributed by atoms with Gasteiger partial charge in [0.2, 0.25) is 0 Å². The molecule has 69 heavy (non-hydrogen) atoms. The standard InChI is InChI=1S/C65H34N2O2/c1-66-50-18-14-36(15-19-50)49-30-57-51-24-45-12-10-41(43-16-20-61-53(28-43)55-26-37-6-2-4-8-39(37)34-63(55)68-61)22-47(45)32-59(51)67-60-33-48-23-42(11-13-46(48)25-52(60)58(31-49)65(57)67)44-17-21-62-54(29-44)56-27-38-7-3-5-9-40(38)35-64(56)69-62/h2-35H. The summed E-state index contributed by atoms with van der Waals surface area (Å²) in [6.45, 7) is 7.58. The second-order valence-electron chi connectivity index (χ2n) is 18.8. The molecule has 0 amide bonds. The van der Waals surface area contributed by atoms with Crippen molar-refractivity contribution < 1.29 is 8.83 Å². The first-order chi connectivity index (χ1) is 34.0. The minimum Gasteiger partial charge on any atom is -0.456 e. The van der Waals surface area contributed by atoms with Gasteiger partial charge in [-0.1, -0.05) is 109 Å². The summed E-state index contributed by atoms with van der Waals surface area (Å²) < 4.78 is 15.3. The van der Waals surface area contributed by atoms with E-state index in [0.717, 1.165) is 77.3 Å². The number of fused-ring (bicyclic) bond motifs is 16. The van der Waals surface area contributed by atoms with Gasteiger partial charge in [-0.25, -0.2) is 4.85 Å². The van der Waals surface area contributed by atoms with Crippen molar-refractivity contribution >= 4 is 131 Å². The Balaban J connectivity index is 0.895. The van der Waals surface area contributed by atoms with Crippen LogP contribution in [-0.4, -0.2) is 4.40 Å². The molecule has 0 N–H and O–H groups in total. The highest BCUT2D eigenvalue weighted by Gasteiger charge is 2.21. The van der Waals surface area contributed by atoms with Gasteiger partial charge in [0, 0.05) is 43.1 Å². The number of hydrogen-bond donors (Lipinski definition) is 0. The average Bonchev–Trinajstić information content (AvgIpc) is 4.13. The highest BCUT2D eigenvalue weighted by Crippen LogP contribution is 2.45. The smallest absolute Gasteiger partial charge is 0.187 e. The molecule has 16 rings (SSSR count). The Hall–Kier alpha value is -9.43. The lowest BCUT2D eigenvalue weighted by Gasteiger charge is -2.08. The van der Waals surface area contributed by atoms with E-state index in [9.17, 15) is 0 Å². The maximum Gasteiger partial charge on any atom is 0.187 e. The molecule has 0 spiro atoms. The van der Waals surface area contributed by atoms with E-state index in [-0.39, 0.29) is 0 Å². The molecule has 316 valence electrons. The molecule has 0 aliphatic heterocycles. The molecule has 4 heteroatoms. The zero-order valence-electron chi connectivity index (χ0n) is 36.8. The highest BCUT2D eigenvalue weighted by molar-refractivity contribution is 6.27. The zero-order valence-corrected chi connectivity index (χ0v) is 36.8. The van der Waals surface area contributed by atoms with E-state index in [1.165, 1.54) is 81.2 Å². The van der Waals surface area contributed by atoms with Gasteiger partial charge in [0.25, 0.3) is 0 Å². The largest absolute Gasteiger partial charge is 0.456 e. The van der Waals surface area contributed by atoms with Gasteiger partial charge in [-0.15, -0.1) is 0 Å². The number of nitrogens with zero attached hydrogens (tertiary/aromatic N) is 2. The summed E-state index contributed by atoms with van der Waals surface area (Å²) in [5.74, 6) is 0. The Kier molecular flexibility index (Phi) is 7.11. The van der Waals surface area contributed by atoms with Crippen LogP contribution in [0.2, 0.25) is 0 Å². The molecule has 0 fully saturated rings. The van der Waals surface area contributed by atoms with E-state index < -0.39 is 0 Å². The maximum atomic E-state index is 7.58. The van der Waals surface area contributed by atoms with Crippen molar-refractivity contribution in [1.82, 2.24) is 4.40 Å². The van der Waals surface area contributed by atoms with Crippen molar-refractivity contribution in [2.24, 2.45) is 0 Å². The van der Waals surface area contributed by atoms with Crippen molar-refractivity contribution in [3.8, 4) is 33.4 Å². The fourth-order valence-corrected chi connectivity index (χ4v) is 11.6. The van der Waals surface area contributed by atoms with Crippen LogP contribution < -0.4 is 0 Å². The Morgan fingerprint density at radius 2 is 0.681 bits per heavy atom. The first kappa shape index (κ1) is 36.7. The summed E-state index contributed by atoms with van der Waals surface area (Å²) in [7, 11) is 0. The van der Waals surface area contributed by atoms with Crippen molar-refractivity contribution in [1.29, 1.82) is 0 Å². The third kappa shape index (κ3) is 5.27. The molecule has 0 aliphatic carbocycles. The normalized spacial score (nSPS) is 12.3. The predicted octanol–water partition coefficient (Wildman–Crippen LogP) is 18.8. The molecule has 4 heterocycles. The summed E-state index contributed by atoms with van der Waals surface area (Å²) >= 11 is 0. The molecule has 0 saturated heterocycles. The van der Waals surface area contributed by atoms with Gasteiger partial charge < -0.3 is 13.2 Å². The molecule has 0 radical (unpaired) electrons. The molecule has 16 aromatic rings. The summed E-state index contributed by atoms with van der Waals surface area (Å²) in [6, 6.07) is 74.9. The molecule has 0 aliphatic rings. The van der Waals surface area contributed by atoms with Gasteiger partial charge in [-0.2, -0.15) is 0 Å². The Bertz CT molecular complexity index is 4680. The second kappa shape index (κ2) is 13.4. The minimum absolute atomic E-state index is 0.640. The molecule has 4 nitrogen and oxygen atoms in total. The predicted molar refractivity (Wildman–Crippen MR) is 288 cm³/mol. The van der Waals surface area contributed by atoms with Crippen LogP contribution in [0.15, 0.2) is 215 Å². The number of rotatable bonds is 3. The lowest BCUT2D eigenvalue weighted by Crippen LogP contribution is -1.84. The average molecular weight is 875 g/mol. The topological polar surface area (TPSA) is 35.0 Å². The maximum absolute atomic E-state index is 7.58. The lowest BCUT2D eigenvalue weighted by molar-refractivity contribution is 0.669. The molecule has 0 saturated carbocycles. The van der Waals surface area contributed by atoms with Crippen LogP contribution >= 0.6 is 0 Å². The zero-order chi connectivity index (χ0) is 45.1. The fraction of sp³-hybridized carbons (Fsp3) is 0. The van der Waals surface area contributed by atoms with Crippen molar-refractivity contribution in [2.45, 2.75) is 0 Å². The summed E-state index contributed by atoms with van der Waals surface area (Å²) in [6.07, 6.45) is 0. The Morgan fingerprint density at radius 1 is 0.290 bits per heavy atom. The van der Waals surface area contributed by atoms with Crippen LogP contribution in [0.3, 0.4) is 0 Å². The van der Waals surface area contributed by atoms with Crippen molar-refractivity contribution in [2.75, 3.05) is 0 Å². The van der Waals surface area contributed by atoms with Crippen molar-refractivity contribution in [3.05, 3.63) is 218 Å². The molecule has 0 bridgehead atoms. The fourth-order valence-electron chi connectivity index (χ4n) is 11.6. The minimum atomic E-state index is 0.640. The van der Waals surface area contributed by atoms with Gasteiger partial charge >= 0.3 is 0 Å². The van der Waals surface area contributed by atoms with Gasteiger partial charge in [0.05, 0.1) is 23.1 Å². The number of hydrogen-bond acceptors (Lipinski definition) is 2. The SMILES string of the molecule is [C-]#[N+]c1ccc(-c2cc3c4cc5ccc(-c6ccc7oc8cc9ccccc9cc8c7c6)cc5cc4n4c5cc6cc(-c7ccc8oc9cc%10ccccc%10cc9c8c7)ccc6cc5c(c2)c34)cc1. The van der Waals surface area contributed by atoms with Crippen molar-refractivity contribution in [3.63, 3.8) is 0 Å².